The summed E-state index contributed by atoms with van der Waals surface area (Å²) in [5.41, 5.74) is 6.26. The molecule has 0 aliphatic heterocycles. The van der Waals surface area contributed by atoms with E-state index < -0.39 is 0 Å². The Balaban J connectivity index is 2.43. The minimum absolute atomic E-state index is 0.0781. The Morgan fingerprint density at radius 3 is 2.28 bits per heavy atom. The van der Waals surface area contributed by atoms with Gasteiger partial charge in [-0.2, -0.15) is 4.98 Å². The number of methoxy groups -OCH3 is 2. The van der Waals surface area contributed by atoms with Gasteiger partial charge in [-0.15, -0.1) is 0 Å². The molecule has 0 spiro atoms. The number of benzene rings is 1. The third-order valence-electron chi connectivity index (χ3n) is 3.81. The molecule has 2 aromatic heterocycles. The van der Waals surface area contributed by atoms with E-state index in [2.05, 4.69) is 9.97 Å². The minimum atomic E-state index is -0.343. The molecule has 0 radical (unpaired) electrons. The van der Waals surface area contributed by atoms with Crippen molar-refractivity contribution >= 4 is 40.2 Å². The Hall–Kier alpha value is -2.51. The van der Waals surface area contributed by atoms with Crippen molar-refractivity contribution in [3.8, 4) is 22.6 Å². The lowest BCUT2D eigenvalue weighted by Crippen LogP contribution is -2.20. The molecule has 0 fully saturated rings. The smallest absolute Gasteiger partial charge is 0.259 e. The van der Waals surface area contributed by atoms with E-state index in [0.717, 1.165) is 0 Å². The van der Waals surface area contributed by atoms with Gasteiger partial charge >= 0.3 is 0 Å². The van der Waals surface area contributed by atoms with Gasteiger partial charge in [0.15, 0.2) is 0 Å². The molecule has 0 aliphatic carbocycles. The van der Waals surface area contributed by atoms with E-state index in [-0.39, 0.29) is 27.1 Å². The number of pyridine rings is 1. The van der Waals surface area contributed by atoms with Crippen molar-refractivity contribution in [3.05, 3.63) is 38.7 Å². The van der Waals surface area contributed by atoms with E-state index in [1.807, 2.05) is 0 Å². The predicted octanol–water partition coefficient (Wildman–Crippen LogP) is 2.90. The summed E-state index contributed by atoms with van der Waals surface area (Å²) in [7, 11) is 4.51. The fourth-order valence-electron chi connectivity index (χ4n) is 2.56. The first kappa shape index (κ1) is 17.3. The van der Waals surface area contributed by atoms with Crippen molar-refractivity contribution in [3.63, 3.8) is 0 Å². The monoisotopic (exact) mass is 380 g/mol. The van der Waals surface area contributed by atoms with Gasteiger partial charge in [0.25, 0.3) is 5.56 Å². The van der Waals surface area contributed by atoms with Crippen molar-refractivity contribution in [1.82, 2.24) is 14.5 Å². The quantitative estimate of drug-likeness (QED) is 0.750. The largest absolute Gasteiger partial charge is 0.495 e. The molecular formula is C16H14Cl2N4O3. The molecule has 0 atom stereocenters. The first-order valence-electron chi connectivity index (χ1n) is 7.11. The molecule has 130 valence electrons. The fourth-order valence-corrected chi connectivity index (χ4v) is 3.27. The van der Waals surface area contributed by atoms with Crippen molar-refractivity contribution in [1.29, 1.82) is 0 Å². The molecule has 9 heteroatoms. The van der Waals surface area contributed by atoms with E-state index in [1.165, 1.54) is 25.0 Å². The third kappa shape index (κ3) is 2.75. The SMILES string of the molecule is COc1cc(OC)c(Cl)c(-c2cc3cnc(N)nc3n(C)c2=O)c1Cl. The van der Waals surface area contributed by atoms with Gasteiger partial charge in [-0.1, -0.05) is 23.2 Å². The summed E-state index contributed by atoms with van der Waals surface area (Å²) in [6.07, 6.45) is 1.53. The topological polar surface area (TPSA) is 92.3 Å². The minimum Gasteiger partial charge on any atom is -0.495 e. The molecule has 3 aromatic rings. The lowest BCUT2D eigenvalue weighted by Gasteiger charge is -2.15. The molecule has 2 heterocycles. The van der Waals surface area contributed by atoms with E-state index in [0.29, 0.717) is 28.1 Å². The maximum absolute atomic E-state index is 12.9. The second kappa shape index (κ2) is 6.42. The summed E-state index contributed by atoms with van der Waals surface area (Å²) in [5, 5.41) is 1.03. The summed E-state index contributed by atoms with van der Waals surface area (Å²) in [6, 6.07) is 3.17. The predicted molar refractivity (Wildman–Crippen MR) is 97.8 cm³/mol. The highest BCUT2D eigenvalue weighted by Crippen LogP contribution is 2.45. The average molecular weight is 381 g/mol. The zero-order valence-corrected chi connectivity index (χ0v) is 15.1. The maximum Gasteiger partial charge on any atom is 0.259 e. The number of hydrogen-bond donors (Lipinski definition) is 1. The van der Waals surface area contributed by atoms with Crippen LogP contribution < -0.4 is 20.8 Å². The highest BCUT2D eigenvalue weighted by atomic mass is 35.5. The van der Waals surface area contributed by atoms with Crippen molar-refractivity contribution in [2.75, 3.05) is 20.0 Å². The second-order valence-corrected chi connectivity index (χ2v) is 5.97. The van der Waals surface area contributed by atoms with Gasteiger partial charge in [-0.05, 0) is 6.07 Å². The first-order chi connectivity index (χ1) is 11.9. The van der Waals surface area contributed by atoms with Gasteiger partial charge in [0.2, 0.25) is 5.95 Å². The fraction of sp³-hybridized carbons (Fsp3) is 0.188. The van der Waals surface area contributed by atoms with Crippen LogP contribution in [0.4, 0.5) is 5.95 Å². The molecule has 0 unspecified atom stereocenters. The molecule has 7 nitrogen and oxygen atoms in total. The Kier molecular flexibility index (Phi) is 4.45. The number of fused-ring (bicyclic) bond motifs is 1. The Morgan fingerprint density at radius 1 is 1.12 bits per heavy atom. The summed E-state index contributed by atoms with van der Waals surface area (Å²) >= 11 is 12.8. The molecule has 25 heavy (non-hydrogen) atoms. The summed E-state index contributed by atoms with van der Waals surface area (Å²) in [4.78, 5) is 20.9. The Labute approximate surface area is 152 Å². The standard InChI is InChI=1S/C16H14Cl2N4O3/c1-22-14-7(6-20-16(19)21-14)4-8(15(22)23)11-12(17)9(24-2)5-10(25-3)13(11)18/h4-6H,1-3H3,(H2,19,20,21). The van der Waals surface area contributed by atoms with E-state index in [9.17, 15) is 4.79 Å². The molecule has 1 aromatic carbocycles. The third-order valence-corrected chi connectivity index (χ3v) is 4.56. The zero-order valence-electron chi connectivity index (χ0n) is 13.6. The zero-order chi connectivity index (χ0) is 18.3. The van der Waals surface area contributed by atoms with Gasteiger partial charge in [0, 0.05) is 30.3 Å². The van der Waals surface area contributed by atoms with Gasteiger partial charge < -0.3 is 15.2 Å². The Bertz CT molecular complexity index is 1020. The number of ether oxygens (including phenoxy) is 2. The molecule has 2 N–H and O–H groups in total. The number of anilines is 1. The second-order valence-electron chi connectivity index (χ2n) is 5.21. The number of nitrogens with two attached hydrogens (primary N) is 1. The molecule has 0 aliphatic rings. The average Bonchev–Trinajstić information content (AvgIpc) is 2.60. The van der Waals surface area contributed by atoms with Crippen LogP contribution in [0.2, 0.25) is 10.0 Å². The van der Waals surface area contributed by atoms with Crippen LogP contribution in [0.15, 0.2) is 23.1 Å². The van der Waals surface area contributed by atoms with Crippen LogP contribution in [-0.2, 0) is 7.05 Å². The van der Waals surface area contributed by atoms with Gasteiger partial charge in [-0.25, -0.2) is 4.98 Å². The van der Waals surface area contributed by atoms with Crippen LogP contribution >= 0.6 is 23.2 Å². The molecule has 0 amide bonds. The van der Waals surface area contributed by atoms with Crippen LogP contribution in [0.3, 0.4) is 0 Å². The first-order valence-corrected chi connectivity index (χ1v) is 7.87. The molecule has 0 saturated carbocycles. The van der Waals surface area contributed by atoms with Crippen LogP contribution in [0.1, 0.15) is 0 Å². The van der Waals surface area contributed by atoms with Crippen LogP contribution in [0, 0.1) is 0 Å². The number of hydrogen-bond acceptors (Lipinski definition) is 6. The highest BCUT2D eigenvalue weighted by Gasteiger charge is 2.22. The number of aryl methyl sites for hydroxylation is 1. The van der Waals surface area contributed by atoms with E-state index in [4.69, 9.17) is 38.4 Å². The van der Waals surface area contributed by atoms with Crippen LogP contribution in [-0.4, -0.2) is 28.8 Å². The maximum atomic E-state index is 12.9. The lowest BCUT2D eigenvalue weighted by atomic mass is 10.0. The van der Waals surface area contributed by atoms with Crippen molar-refractivity contribution in [2.24, 2.45) is 7.05 Å². The van der Waals surface area contributed by atoms with Crippen LogP contribution in [0.5, 0.6) is 11.5 Å². The Morgan fingerprint density at radius 2 is 1.72 bits per heavy atom. The number of halogens is 2. The van der Waals surface area contributed by atoms with E-state index >= 15 is 0 Å². The molecule has 3 rings (SSSR count). The van der Waals surface area contributed by atoms with Crippen molar-refractivity contribution < 1.29 is 9.47 Å². The molecular weight excluding hydrogens is 367 g/mol. The van der Waals surface area contributed by atoms with Gasteiger partial charge in [0.1, 0.15) is 17.1 Å². The summed E-state index contributed by atoms with van der Waals surface area (Å²) < 4.78 is 11.9. The van der Waals surface area contributed by atoms with E-state index in [1.54, 1.807) is 19.2 Å². The molecule has 0 bridgehead atoms. The molecule has 0 saturated heterocycles. The lowest BCUT2D eigenvalue weighted by molar-refractivity contribution is 0.395. The van der Waals surface area contributed by atoms with Gasteiger partial charge in [-0.3, -0.25) is 9.36 Å². The number of nitrogen functional groups attached to an aromatic ring is 1. The number of aromatic nitrogens is 3. The summed E-state index contributed by atoms with van der Waals surface area (Å²) in [5.74, 6) is 0.761. The van der Waals surface area contributed by atoms with Crippen LogP contribution in [0.25, 0.3) is 22.2 Å². The number of rotatable bonds is 3. The van der Waals surface area contributed by atoms with Crippen molar-refractivity contribution in [2.45, 2.75) is 0 Å². The summed E-state index contributed by atoms with van der Waals surface area (Å²) in [6.45, 7) is 0. The van der Waals surface area contributed by atoms with Gasteiger partial charge in [0.05, 0.1) is 29.8 Å². The number of nitrogens with zero attached hydrogens (tertiary/aromatic N) is 3. The highest BCUT2D eigenvalue weighted by molar-refractivity contribution is 6.41. The normalized spacial score (nSPS) is 10.9.